The summed E-state index contributed by atoms with van der Waals surface area (Å²) in [6.45, 7) is 1.89. The average Bonchev–Trinajstić information content (AvgIpc) is 3.49. The topological polar surface area (TPSA) is 112 Å². The minimum absolute atomic E-state index is 0.0190. The SMILES string of the molecule is CC#CCOc1cnc(C(=O)Nc2ccc(F)c([C@H]3N=C(N)O[C@@H]4CC34)c2)cn1. The van der Waals surface area contributed by atoms with E-state index in [1.807, 2.05) is 0 Å². The summed E-state index contributed by atoms with van der Waals surface area (Å²) in [7, 11) is 0. The zero-order chi connectivity index (χ0) is 20.4. The molecule has 29 heavy (non-hydrogen) atoms. The number of carbonyl (C=O) groups excluding carboxylic acids is 1. The van der Waals surface area contributed by atoms with Crippen molar-refractivity contribution < 1.29 is 18.7 Å². The molecule has 9 heteroatoms. The summed E-state index contributed by atoms with van der Waals surface area (Å²) in [5.41, 5.74) is 6.56. The number of aromatic nitrogens is 2. The van der Waals surface area contributed by atoms with Crippen LogP contribution in [0.4, 0.5) is 10.1 Å². The predicted molar refractivity (Wildman–Crippen MR) is 103 cm³/mol. The number of carbonyl (C=O) groups is 1. The highest BCUT2D eigenvalue weighted by Gasteiger charge is 2.50. The van der Waals surface area contributed by atoms with E-state index in [2.05, 4.69) is 32.1 Å². The van der Waals surface area contributed by atoms with Gasteiger partial charge in [0, 0.05) is 17.2 Å². The number of rotatable bonds is 5. The van der Waals surface area contributed by atoms with Gasteiger partial charge in [0.25, 0.3) is 11.9 Å². The number of anilines is 1. The molecular weight excluding hydrogens is 377 g/mol. The van der Waals surface area contributed by atoms with Crippen LogP contribution in [0.15, 0.2) is 35.6 Å². The van der Waals surface area contributed by atoms with Crippen LogP contribution in [0.1, 0.15) is 35.4 Å². The van der Waals surface area contributed by atoms with E-state index in [1.54, 1.807) is 13.0 Å². The van der Waals surface area contributed by atoms with E-state index in [-0.39, 0.29) is 36.2 Å². The van der Waals surface area contributed by atoms with Crippen LogP contribution in [0.3, 0.4) is 0 Å². The van der Waals surface area contributed by atoms with Crippen molar-refractivity contribution in [1.29, 1.82) is 0 Å². The lowest BCUT2D eigenvalue weighted by atomic mass is 10.0. The van der Waals surface area contributed by atoms with Crippen LogP contribution in [-0.2, 0) is 4.74 Å². The van der Waals surface area contributed by atoms with Crippen LogP contribution in [0, 0.1) is 23.6 Å². The van der Waals surface area contributed by atoms with E-state index < -0.39 is 17.8 Å². The van der Waals surface area contributed by atoms with Gasteiger partial charge in [-0.2, -0.15) is 0 Å². The molecule has 0 saturated heterocycles. The Bertz CT molecular complexity index is 1030. The maximum Gasteiger partial charge on any atom is 0.282 e. The van der Waals surface area contributed by atoms with Crippen molar-refractivity contribution in [2.75, 3.05) is 11.9 Å². The maximum absolute atomic E-state index is 14.4. The van der Waals surface area contributed by atoms with Crippen molar-refractivity contribution in [3.63, 3.8) is 0 Å². The molecule has 2 aromatic rings. The molecule has 2 heterocycles. The maximum atomic E-state index is 14.4. The summed E-state index contributed by atoms with van der Waals surface area (Å²) < 4.78 is 25.0. The Kier molecular flexibility index (Phi) is 4.99. The zero-order valence-corrected chi connectivity index (χ0v) is 15.6. The van der Waals surface area contributed by atoms with Gasteiger partial charge in [0.2, 0.25) is 5.88 Å². The molecule has 1 aromatic heterocycles. The van der Waals surface area contributed by atoms with Crippen molar-refractivity contribution in [1.82, 2.24) is 9.97 Å². The molecular formula is C20H18FN5O3. The van der Waals surface area contributed by atoms with E-state index in [0.717, 1.165) is 6.42 Å². The van der Waals surface area contributed by atoms with Crippen LogP contribution in [0.5, 0.6) is 5.88 Å². The Morgan fingerprint density at radius 1 is 1.41 bits per heavy atom. The van der Waals surface area contributed by atoms with Gasteiger partial charge in [0.1, 0.15) is 17.6 Å². The monoisotopic (exact) mass is 395 g/mol. The molecule has 2 aliphatic rings. The molecule has 1 amide bonds. The number of aliphatic imine (C=N–C) groups is 1. The lowest BCUT2D eigenvalue weighted by Crippen LogP contribution is -2.25. The third-order valence-corrected chi connectivity index (χ3v) is 4.63. The molecule has 1 saturated carbocycles. The Morgan fingerprint density at radius 3 is 3.03 bits per heavy atom. The first-order chi connectivity index (χ1) is 14.0. The van der Waals surface area contributed by atoms with Gasteiger partial charge >= 0.3 is 0 Å². The van der Waals surface area contributed by atoms with Crippen molar-refractivity contribution >= 4 is 17.6 Å². The third kappa shape index (κ3) is 4.11. The standard InChI is InChI=1S/C20H18FN5O3/c1-2-3-6-28-17-10-23-15(9-24-17)19(27)25-11-4-5-14(21)12(7-11)18-13-8-16(13)29-20(22)26-18/h4-5,7,9-10,13,16,18H,6,8H2,1H3,(H2,22,26)(H,25,27)/t13?,16-,18-/m1/s1. The molecule has 1 aliphatic heterocycles. The Hall–Kier alpha value is -3.67. The number of hydrogen-bond donors (Lipinski definition) is 2. The second-order valence-electron chi connectivity index (χ2n) is 6.61. The zero-order valence-electron chi connectivity index (χ0n) is 15.6. The molecule has 148 valence electrons. The molecule has 3 N–H and O–H groups in total. The highest BCUT2D eigenvalue weighted by molar-refractivity contribution is 6.02. The van der Waals surface area contributed by atoms with Crippen molar-refractivity contribution in [3.8, 4) is 17.7 Å². The molecule has 0 radical (unpaired) electrons. The number of nitrogens with one attached hydrogen (secondary N) is 1. The first-order valence-corrected chi connectivity index (χ1v) is 9.00. The van der Waals surface area contributed by atoms with E-state index in [9.17, 15) is 9.18 Å². The number of fused-ring (bicyclic) bond motifs is 1. The number of hydrogen-bond acceptors (Lipinski definition) is 7. The number of amidine groups is 1. The summed E-state index contributed by atoms with van der Waals surface area (Å²) in [6.07, 6.45) is 3.40. The summed E-state index contributed by atoms with van der Waals surface area (Å²) in [6, 6.07) is 3.96. The van der Waals surface area contributed by atoms with Gasteiger partial charge in [-0.1, -0.05) is 5.92 Å². The Balaban J connectivity index is 1.47. The van der Waals surface area contributed by atoms with Crippen LogP contribution in [-0.4, -0.2) is 34.6 Å². The Morgan fingerprint density at radius 2 is 2.28 bits per heavy atom. The normalized spacial score (nSPS) is 21.6. The van der Waals surface area contributed by atoms with Gasteiger partial charge in [-0.3, -0.25) is 4.79 Å². The quantitative estimate of drug-likeness (QED) is 0.750. The molecule has 3 atom stereocenters. The second-order valence-corrected chi connectivity index (χ2v) is 6.61. The van der Waals surface area contributed by atoms with Crippen molar-refractivity contribution in [3.05, 3.63) is 47.7 Å². The minimum Gasteiger partial charge on any atom is -0.463 e. The van der Waals surface area contributed by atoms with Crippen LogP contribution < -0.4 is 15.8 Å². The highest BCUT2D eigenvalue weighted by Crippen LogP contribution is 2.49. The first-order valence-electron chi connectivity index (χ1n) is 9.00. The number of ether oxygens (including phenoxy) is 2. The fourth-order valence-corrected chi connectivity index (χ4v) is 3.11. The van der Waals surface area contributed by atoms with Crippen LogP contribution in [0.25, 0.3) is 0 Å². The summed E-state index contributed by atoms with van der Waals surface area (Å²) >= 11 is 0. The molecule has 4 rings (SSSR count). The fourth-order valence-electron chi connectivity index (χ4n) is 3.11. The lowest BCUT2D eigenvalue weighted by molar-refractivity contribution is 0.102. The van der Waals surface area contributed by atoms with E-state index in [1.165, 1.54) is 24.5 Å². The number of halogens is 1. The molecule has 1 aromatic carbocycles. The molecule has 1 aliphatic carbocycles. The average molecular weight is 395 g/mol. The smallest absolute Gasteiger partial charge is 0.282 e. The number of amides is 1. The molecule has 1 fully saturated rings. The van der Waals surface area contributed by atoms with Crippen LogP contribution in [0.2, 0.25) is 0 Å². The predicted octanol–water partition coefficient (Wildman–Crippen LogP) is 2.04. The Labute approximate surface area is 166 Å². The molecule has 0 spiro atoms. The largest absolute Gasteiger partial charge is 0.463 e. The van der Waals surface area contributed by atoms with E-state index >= 15 is 0 Å². The highest BCUT2D eigenvalue weighted by atomic mass is 19.1. The number of nitrogens with zero attached hydrogens (tertiary/aromatic N) is 3. The minimum atomic E-state index is -0.478. The summed E-state index contributed by atoms with van der Waals surface area (Å²) in [5, 5.41) is 2.69. The van der Waals surface area contributed by atoms with Crippen molar-refractivity contribution in [2.24, 2.45) is 16.6 Å². The van der Waals surface area contributed by atoms with Gasteiger partial charge < -0.3 is 20.5 Å². The lowest BCUT2D eigenvalue weighted by Gasteiger charge is -2.20. The first kappa shape index (κ1) is 18.7. The fraction of sp³-hybridized carbons (Fsp3) is 0.300. The van der Waals surface area contributed by atoms with Gasteiger partial charge in [-0.25, -0.2) is 19.4 Å². The van der Waals surface area contributed by atoms with Gasteiger partial charge in [0.05, 0.1) is 18.4 Å². The molecule has 0 bridgehead atoms. The third-order valence-electron chi connectivity index (χ3n) is 4.63. The van der Waals surface area contributed by atoms with Gasteiger partial charge in [-0.05, 0) is 31.5 Å². The van der Waals surface area contributed by atoms with Gasteiger partial charge in [0.15, 0.2) is 6.61 Å². The second kappa shape index (κ2) is 7.75. The summed E-state index contributed by atoms with van der Waals surface area (Å²) in [4.78, 5) is 24.7. The number of nitrogens with two attached hydrogens (primary N) is 1. The van der Waals surface area contributed by atoms with Gasteiger partial charge in [-0.15, -0.1) is 5.92 Å². The van der Waals surface area contributed by atoms with E-state index in [0.29, 0.717) is 11.3 Å². The summed E-state index contributed by atoms with van der Waals surface area (Å²) in [5.74, 6) is 4.91. The van der Waals surface area contributed by atoms with E-state index in [4.69, 9.17) is 15.2 Å². The molecule has 1 unspecified atom stereocenters. The van der Waals surface area contributed by atoms with Crippen LogP contribution >= 0.6 is 0 Å². The molecule has 8 nitrogen and oxygen atoms in total. The van der Waals surface area contributed by atoms with Crippen molar-refractivity contribution in [2.45, 2.75) is 25.5 Å². The number of benzene rings is 1.